The number of halogens is 3. The molecule has 1 aromatic carbocycles. The number of nitrogens with zero attached hydrogens (tertiary/aromatic N) is 2. The highest BCUT2D eigenvalue weighted by atomic mass is 19.3. The Morgan fingerprint density at radius 2 is 1.91 bits per heavy atom. The van der Waals surface area contributed by atoms with E-state index in [1.54, 1.807) is 29.2 Å². The van der Waals surface area contributed by atoms with E-state index in [1.807, 2.05) is 19.1 Å². The molecule has 1 saturated carbocycles. The largest absolute Gasteiger partial charge is 0.491 e. The summed E-state index contributed by atoms with van der Waals surface area (Å²) in [5, 5.41) is 2.81. The number of anilines is 1. The SMILES string of the molecule is CC(=O)N[C@@H](C)c1ccc(OC2CN(c3ccc(OCC4CC4(F)F)cn3)C[C@H]2F)cc1. The van der Waals surface area contributed by atoms with Gasteiger partial charge in [0.05, 0.1) is 37.9 Å². The molecule has 2 fully saturated rings. The number of amides is 1. The highest BCUT2D eigenvalue weighted by Crippen LogP contribution is 2.48. The van der Waals surface area contributed by atoms with Crippen molar-refractivity contribution >= 4 is 11.7 Å². The second-order valence-corrected chi connectivity index (χ2v) is 8.39. The van der Waals surface area contributed by atoms with E-state index in [9.17, 15) is 18.0 Å². The van der Waals surface area contributed by atoms with Crippen molar-refractivity contribution in [2.75, 3.05) is 24.6 Å². The number of hydrogen-bond acceptors (Lipinski definition) is 5. The van der Waals surface area contributed by atoms with Gasteiger partial charge in [-0.3, -0.25) is 4.79 Å². The van der Waals surface area contributed by atoms with Gasteiger partial charge in [0.15, 0.2) is 6.17 Å². The van der Waals surface area contributed by atoms with Gasteiger partial charge in [-0.1, -0.05) is 12.1 Å². The maximum Gasteiger partial charge on any atom is 0.255 e. The van der Waals surface area contributed by atoms with Crippen molar-refractivity contribution in [3.05, 3.63) is 48.2 Å². The fourth-order valence-electron chi connectivity index (χ4n) is 3.72. The minimum Gasteiger partial charge on any atom is -0.491 e. The van der Waals surface area contributed by atoms with Crippen LogP contribution in [0.25, 0.3) is 0 Å². The minimum absolute atomic E-state index is 0.0391. The smallest absolute Gasteiger partial charge is 0.255 e. The first kappa shape index (κ1) is 22.2. The molecule has 1 aliphatic carbocycles. The number of carbonyl (C=O) groups excluding carboxylic acids is 1. The third-order valence-corrected chi connectivity index (χ3v) is 5.74. The van der Waals surface area contributed by atoms with E-state index in [4.69, 9.17) is 9.47 Å². The zero-order valence-corrected chi connectivity index (χ0v) is 17.9. The lowest BCUT2D eigenvalue weighted by Crippen LogP contribution is -2.27. The summed E-state index contributed by atoms with van der Waals surface area (Å²) in [4.78, 5) is 17.3. The third-order valence-electron chi connectivity index (χ3n) is 5.74. The van der Waals surface area contributed by atoms with Crippen molar-refractivity contribution in [3.8, 4) is 11.5 Å². The molecule has 0 radical (unpaired) electrons. The van der Waals surface area contributed by atoms with Crippen molar-refractivity contribution in [1.82, 2.24) is 10.3 Å². The Hall–Kier alpha value is -2.97. The second kappa shape index (κ2) is 8.88. The summed E-state index contributed by atoms with van der Waals surface area (Å²) >= 11 is 0. The number of benzene rings is 1. The summed E-state index contributed by atoms with van der Waals surface area (Å²) in [6.07, 6.45) is -0.513. The van der Waals surface area contributed by atoms with Gasteiger partial charge in [-0.15, -0.1) is 0 Å². The zero-order chi connectivity index (χ0) is 22.9. The molecule has 1 N–H and O–H groups in total. The Balaban J connectivity index is 1.30. The van der Waals surface area contributed by atoms with Crippen LogP contribution in [-0.4, -0.2) is 48.8 Å². The van der Waals surface area contributed by atoms with Crippen LogP contribution < -0.4 is 19.7 Å². The molecule has 1 saturated heterocycles. The van der Waals surface area contributed by atoms with Crippen molar-refractivity contribution in [1.29, 1.82) is 0 Å². The number of rotatable bonds is 8. The van der Waals surface area contributed by atoms with E-state index in [1.165, 1.54) is 13.1 Å². The van der Waals surface area contributed by atoms with Crippen molar-refractivity contribution in [3.63, 3.8) is 0 Å². The highest BCUT2D eigenvalue weighted by Gasteiger charge is 2.57. The Bertz CT molecular complexity index is 940. The Morgan fingerprint density at radius 3 is 2.50 bits per heavy atom. The number of aromatic nitrogens is 1. The Kier molecular flexibility index (Phi) is 6.17. The van der Waals surface area contributed by atoms with Gasteiger partial charge >= 0.3 is 0 Å². The van der Waals surface area contributed by atoms with Gasteiger partial charge in [-0.25, -0.2) is 18.2 Å². The zero-order valence-electron chi connectivity index (χ0n) is 17.9. The summed E-state index contributed by atoms with van der Waals surface area (Å²) in [5.74, 6) is -1.92. The molecule has 4 rings (SSSR count). The van der Waals surface area contributed by atoms with Gasteiger partial charge in [0.1, 0.15) is 23.4 Å². The number of carbonyl (C=O) groups is 1. The fraction of sp³-hybridized carbons (Fsp3) is 0.478. The van der Waals surface area contributed by atoms with Crippen LogP contribution in [0.4, 0.5) is 19.0 Å². The monoisotopic (exact) mass is 449 g/mol. The number of nitrogens with one attached hydrogen (secondary N) is 1. The first-order chi connectivity index (χ1) is 15.2. The summed E-state index contributed by atoms with van der Waals surface area (Å²) < 4.78 is 51.7. The molecule has 1 aliphatic heterocycles. The lowest BCUT2D eigenvalue weighted by molar-refractivity contribution is -0.119. The molecule has 2 heterocycles. The van der Waals surface area contributed by atoms with Crippen LogP contribution in [0.1, 0.15) is 31.9 Å². The molecule has 0 spiro atoms. The van der Waals surface area contributed by atoms with Crippen LogP contribution >= 0.6 is 0 Å². The van der Waals surface area contributed by atoms with E-state index in [0.717, 1.165) is 5.56 Å². The molecule has 4 atom stereocenters. The first-order valence-electron chi connectivity index (χ1n) is 10.6. The summed E-state index contributed by atoms with van der Waals surface area (Å²) in [7, 11) is 0. The summed E-state index contributed by atoms with van der Waals surface area (Å²) in [6.45, 7) is 3.78. The van der Waals surface area contributed by atoms with Crippen LogP contribution in [0.3, 0.4) is 0 Å². The molecule has 6 nitrogen and oxygen atoms in total. The molecule has 9 heteroatoms. The molecule has 2 aliphatic rings. The van der Waals surface area contributed by atoms with Gasteiger partial charge in [-0.05, 0) is 36.8 Å². The van der Waals surface area contributed by atoms with Crippen molar-refractivity contribution < 1.29 is 27.4 Å². The molecular weight excluding hydrogens is 423 g/mol. The maximum absolute atomic E-state index is 14.6. The van der Waals surface area contributed by atoms with E-state index in [-0.39, 0.29) is 31.5 Å². The van der Waals surface area contributed by atoms with Crippen molar-refractivity contribution in [2.45, 2.75) is 44.5 Å². The topological polar surface area (TPSA) is 63.7 Å². The van der Waals surface area contributed by atoms with Gasteiger partial charge in [0, 0.05) is 13.3 Å². The number of ether oxygens (including phenoxy) is 2. The van der Waals surface area contributed by atoms with Crippen LogP contribution in [-0.2, 0) is 4.79 Å². The first-order valence-corrected chi connectivity index (χ1v) is 10.6. The van der Waals surface area contributed by atoms with Crippen LogP contribution in [0.5, 0.6) is 11.5 Å². The van der Waals surface area contributed by atoms with E-state index in [2.05, 4.69) is 10.3 Å². The normalized spacial score (nSPS) is 24.7. The molecule has 1 aromatic heterocycles. The van der Waals surface area contributed by atoms with Crippen LogP contribution in [0.15, 0.2) is 42.6 Å². The fourth-order valence-corrected chi connectivity index (χ4v) is 3.72. The molecule has 32 heavy (non-hydrogen) atoms. The third kappa shape index (κ3) is 5.26. The van der Waals surface area contributed by atoms with Gasteiger partial charge < -0.3 is 19.7 Å². The predicted octanol–water partition coefficient (Wildman–Crippen LogP) is 3.92. The summed E-state index contributed by atoms with van der Waals surface area (Å²) in [6, 6.07) is 10.4. The number of pyridine rings is 1. The Morgan fingerprint density at radius 1 is 1.22 bits per heavy atom. The van der Waals surface area contributed by atoms with Gasteiger partial charge in [0.25, 0.3) is 5.92 Å². The minimum atomic E-state index is -2.61. The van der Waals surface area contributed by atoms with Crippen molar-refractivity contribution in [2.24, 2.45) is 5.92 Å². The number of alkyl halides is 3. The maximum atomic E-state index is 14.6. The van der Waals surface area contributed by atoms with E-state index < -0.39 is 24.1 Å². The average molecular weight is 449 g/mol. The molecule has 2 unspecified atom stereocenters. The molecule has 2 aromatic rings. The van der Waals surface area contributed by atoms with Crippen LogP contribution in [0.2, 0.25) is 0 Å². The lowest BCUT2D eigenvalue weighted by Gasteiger charge is -2.18. The van der Waals surface area contributed by atoms with Gasteiger partial charge in [-0.2, -0.15) is 0 Å². The quantitative estimate of drug-likeness (QED) is 0.662. The average Bonchev–Trinajstić information content (AvgIpc) is 3.21. The standard InChI is InChI=1S/C23H26F3N3O3/c1-14(28-15(2)30)16-3-5-18(6-4-16)32-21-12-29(11-20(21)24)22-8-7-19(10-27-22)31-13-17-9-23(17,25)26/h3-8,10,14,17,20-21H,9,11-13H2,1-2H3,(H,28,30)/t14-,17?,20+,21?/m0/s1. The van der Waals surface area contributed by atoms with Crippen LogP contribution in [0, 0.1) is 5.92 Å². The Labute approximate surface area is 184 Å². The molecule has 0 bridgehead atoms. The summed E-state index contributed by atoms with van der Waals surface area (Å²) in [5.41, 5.74) is 0.925. The highest BCUT2D eigenvalue weighted by molar-refractivity contribution is 5.73. The molecule has 172 valence electrons. The van der Waals surface area contributed by atoms with E-state index in [0.29, 0.717) is 23.9 Å². The molecular formula is C23H26F3N3O3. The lowest BCUT2D eigenvalue weighted by atomic mass is 10.1. The second-order valence-electron chi connectivity index (χ2n) is 8.39. The van der Waals surface area contributed by atoms with Gasteiger partial charge in [0.2, 0.25) is 5.91 Å². The number of hydrogen-bond donors (Lipinski definition) is 1. The molecule has 1 amide bonds. The predicted molar refractivity (Wildman–Crippen MR) is 113 cm³/mol. The van der Waals surface area contributed by atoms with E-state index >= 15 is 0 Å².